The summed E-state index contributed by atoms with van der Waals surface area (Å²) in [5.41, 5.74) is 0. The van der Waals surface area contributed by atoms with E-state index in [1.807, 2.05) is 0 Å². The van der Waals surface area contributed by atoms with Gasteiger partial charge in [-0.25, -0.2) is 9.98 Å². The quantitative estimate of drug-likeness (QED) is 0.535. The molecule has 1 rings (SSSR count). The third-order valence-electron chi connectivity index (χ3n) is 0.870. The second-order valence-corrected chi connectivity index (χ2v) is 2.81. The van der Waals surface area contributed by atoms with E-state index in [1.165, 1.54) is 17.6 Å². The second kappa shape index (κ2) is 4.20. The number of hydrogen-bond donors (Lipinski definition) is 0. The highest BCUT2D eigenvalue weighted by atomic mass is 35.5. The van der Waals surface area contributed by atoms with Crippen molar-refractivity contribution in [2.45, 2.75) is 0 Å². The minimum absolute atomic E-state index is 0.0329. The van der Waals surface area contributed by atoms with Crippen LogP contribution in [-0.2, 0) is 4.79 Å². The first kappa shape index (κ1) is 8.36. The van der Waals surface area contributed by atoms with E-state index in [1.54, 1.807) is 11.6 Å². The molecule has 0 aromatic carbocycles. The molecule has 0 N–H and O–H groups in total. The van der Waals surface area contributed by atoms with Gasteiger partial charge in [0.1, 0.15) is 0 Å². The number of carbonyl (C=O) groups excluding carboxylic acids is 1. The summed E-state index contributed by atoms with van der Waals surface area (Å²) in [6, 6.07) is 0. The Bertz CT molecular complexity index is 258. The molecule has 0 atom stereocenters. The smallest absolute Gasteiger partial charge is 0.209 e. The Kier molecular flexibility index (Phi) is 3.19. The average molecular weight is 189 g/mol. The summed E-state index contributed by atoms with van der Waals surface area (Å²) in [5, 5.41) is 2.36. The Balaban J connectivity index is 2.55. The number of hydrogen-bond acceptors (Lipinski definition) is 4. The van der Waals surface area contributed by atoms with Gasteiger partial charge in [0.25, 0.3) is 0 Å². The Hall–Kier alpha value is -0.740. The lowest BCUT2D eigenvalue weighted by molar-refractivity contribution is -0.110. The van der Waals surface area contributed by atoms with Crippen LogP contribution in [0.3, 0.4) is 0 Å². The van der Waals surface area contributed by atoms with Crippen LogP contribution in [0.2, 0.25) is 0 Å². The van der Waals surface area contributed by atoms with E-state index >= 15 is 0 Å². The molecule has 11 heavy (non-hydrogen) atoms. The van der Waals surface area contributed by atoms with Crippen molar-refractivity contribution in [3.8, 4) is 0 Å². The number of carbonyl (C=O) groups is 1. The van der Waals surface area contributed by atoms with Crippen LogP contribution in [0.5, 0.6) is 0 Å². The molecular weight excluding hydrogens is 184 g/mol. The Labute approximate surface area is 72.7 Å². The van der Waals surface area contributed by atoms with E-state index in [-0.39, 0.29) is 11.7 Å². The number of ketones is 1. The maximum Gasteiger partial charge on any atom is 0.209 e. The van der Waals surface area contributed by atoms with Gasteiger partial charge in [-0.05, 0) is 0 Å². The van der Waals surface area contributed by atoms with Crippen molar-refractivity contribution < 1.29 is 4.79 Å². The summed E-state index contributed by atoms with van der Waals surface area (Å²) in [4.78, 5) is 18.2. The number of halogens is 1. The molecule has 58 valence electrons. The van der Waals surface area contributed by atoms with Crippen molar-refractivity contribution in [2.75, 3.05) is 5.88 Å². The van der Waals surface area contributed by atoms with Gasteiger partial charge in [-0.3, -0.25) is 4.79 Å². The molecule has 0 saturated heterocycles. The molecular formula is C6H5ClN2OS. The van der Waals surface area contributed by atoms with Crippen LogP contribution in [0.15, 0.2) is 16.6 Å². The highest BCUT2D eigenvalue weighted by Crippen LogP contribution is 2.13. The molecule has 0 unspecified atom stereocenters. The summed E-state index contributed by atoms with van der Waals surface area (Å²) in [6.45, 7) is 0. The minimum Gasteiger partial charge on any atom is -0.292 e. The summed E-state index contributed by atoms with van der Waals surface area (Å²) in [6.07, 6.45) is 2.81. The van der Waals surface area contributed by atoms with Crippen molar-refractivity contribution in [3.05, 3.63) is 11.6 Å². The fourth-order valence-corrected chi connectivity index (χ4v) is 0.989. The fraction of sp³-hybridized carbons (Fsp3) is 0.167. The van der Waals surface area contributed by atoms with Crippen molar-refractivity contribution in [3.63, 3.8) is 0 Å². The van der Waals surface area contributed by atoms with Crippen LogP contribution >= 0.6 is 22.9 Å². The Morgan fingerprint density at radius 2 is 2.73 bits per heavy atom. The maximum absolute atomic E-state index is 10.6. The zero-order valence-corrected chi connectivity index (χ0v) is 7.10. The first-order valence-electron chi connectivity index (χ1n) is 2.85. The van der Waals surface area contributed by atoms with E-state index in [4.69, 9.17) is 11.6 Å². The highest BCUT2D eigenvalue weighted by Gasteiger charge is 1.93. The zero-order valence-electron chi connectivity index (χ0n) is 5.53. The number of nitrogens with zero attached hydrogens (tertiary/aromatic N) is 2. The summed E-state index contributed by atoms with van der Waals surface area (Å²) in [7, 11) is 0. The van der Waals surface area contributed by atoms with Crippen LogP contribution in [-0.4, -0.2) is 22.9 Å². The van der Waals surface area contributed by atoms with Gasteiger partial charge in [0.05, 0.1) is 12.1 Å². The van der Waals surface area contributed by atoms with Crippen molar-refractivity contribution in [1.82, 2.24) is 4.98 Å². The van der Waals surface area contributed by atoms with Crippen molar-refractivity contribution in [2.24, 2.45) is 4.99 Å². The number of rotatable bonds is 3. The number of aromatic nitrogens is 1. The van der Waals surface area contributed by atoms with Crippen molar-refractivity contribution >= 4 is 40.1 Å². The lowest BCUT2D eigenvalue weighted by atomic mass is 10.5. The van der Waals surface area contributed by atoms with Gasteiger partial charge < -0.3 is 0 Å². The SMILES string of the molecule is O=C(C=Nc1nccs1)CCl. The van der Waals surface area contributed by atoms with E-state index < -0.39 is 0 Å². The van der Waals surface area contributed by atoms with Gasteiger partial charge in [0.2, 0.25) is 5.13 Å². The second-order valence-electron chi connectivity index (χ2n) is 1.67. The number of Topliss-reactive ketones (excluding diaryl/α,β-unsaturated/α-hetero) is 1. The normalized spacial score (nSPS) is 10.6. The predicted octanol–water partition coefficient (Wildman–Crippen LogP) is 1.65. The van der Waals surface area contributed by atoms with Crippen molar-refractivity contribution in [1.29, 1.82) is 0 Å². The summed E-state index contributed by atoms with van der Waals surface area (Å²) in [5.74, 6) is -0.239. The Morgan fingerprint density at radius 3 is 3.27 bits per heavy atom. The van der Waals surface area contributed by atoms with Gasteiger partial charge in [-0.2, -0.15) is 0 Å². The maximum atomic E-state index is 10.6. The third kappa shape index (κ3) is 2.78. The average Bonchev–Trinajstić information content (AvgIpc) is 2.52. The molecule has 0 aliphatic heterocycles. The van der Waals surface area contributed by atoms with E-state index in [0.29, 0.717) is 5.13 Å². The van der Waals surface area contributed by atoms with Gasteiger partial charge >= 0.3 is 0 Å². The van der Waals surface area contributed by atoms with Crippen LogP contribution in [0.4, 0.5) is 5.13 Å². The number of aliphatic imine (C=N–C) groups is 1. The number of alkyl halides is 1. The summed E-state index contributed by atoms with van der Waals surface area (Å²) < 4.78 is 0. The third-order valence-corrected chi connectivity index (χ3v) is 1.81. The van der Waals surface area contributed by atoms with Gasteiger partial charge in [0.15, 0.2) is 5.78 Å². The molecule has 0 fully saturated rings. The number of thiazole rings is 1. The van der Waals surface area contributed by atoms with Crippen LogP contribution in [0.1, 0.15) is 0 Å². The standard InChI is InChI=1S/C6H5ClN2OS/c7-3-5(10)4-9-6-8-1-2-11-6/h1-2,4H,3H2. The molecule has 0 amide bonds. The predicted molar refractivity (Wildman–Crippen MR) is 46.0 cm³/mol. The van der Waals surface area contributed by atoms with Gasteiger partial charge in [0, 0.05) is 11.6 Å². The first-order chi connectivity index (χ1) is 5.33. The lowest BCUT2D eigenvalue weighted by Gasteiger charge is -1.81. The molecule has 5 heteroatoms. The largest absolute Gasteiger partial charge is 0.292 e. The molecule has 0 spiro atoms. The minimum atomic E-state index is -0.207. The molecule has 3 nitrogen and oxygen atoms in total. The van der Waals surface area contributed by atoms with Gasteiger partial charge in [-0.15, -0.1) is 22.9 Å². The van der Waals surface area contributed by atoms with E-state index in [9.17, 15) is 4.79 Å². The van der Waals surface area contributed by atoms with Crippen LogP contribution in [0.25, 0.3) is 0 Å². The van der Waals surface area contributed by atoms with E-state index in [2.05, 4.69) is 9.98 Å². The molecule has 0 bridgehead atoms. The lowest BCUT2D eigenvalue weighted by Crippen LogP contribution is -1.98. The molecule has 0 aliphatic carbocycles. The van der Waals surface area contributed by atoms with Crippen LogP contribution < -0.4 is 0 Å². The monoisotopic (exact) mass is 188 g/mol. The highest BCUT2D eigenvalue weighted by molar-refractivity contribution is 7.13. The van der Waals surface area contributed by atoms with Crippen LogP contribution in [0, 0.1) is 0 Å². The summed E-state index contributed by atoms with van der Waals surface area (Å²) >= 11 is 6.61. The molecule has 1 aromatic heterocycles. The fourth-order valence-electron chi connectivity index (χ4n) is 0.441. The molecule has 0 radical (unpaired) electrons. The first-order valence-corrected chi connectivity index (χ1v) is 4.26. The van der Waals surface area contributed by atoms with Gasteiger partial charge in [-0.1, -0.05) is 0 Å². The topological polar surface area (TPSA) is 42.3 Å². The molecule has 0 aliphatic rings. The Morgan fingerprint density at radius 1 is 1.91 bits per heavy atom. The zero-order chi connectivity index (χ0) is 8.10. The molecule has 1 aromatic rings. The molecule has 0 saturated carbocycles. The molecule has 1 heterocycles. The van der Waals surface area contributed by atoms with E-state index in [0.717, 1.165) is 0 Å².